The van der Waals surface area contributed by atoms with E-state index >= 15 is 0 Å². The second-order valence-electron chi connectivity index (χ2n) is 5.90. The highest BCUT2D eigenvalue weighted by Crippen LogP contribution is 2.31. The maximum Gasteiger partial charge on any atom is 0.0653 e. The van der Waals surface area contributed by atoms with Crippen LogP contribution in [0.5, 0.6) is 0 Å². The van der Waals surface area contributed by atoms with Gasteiger partial charge >= 0.3 is 0 Å². The molecule has 1 saturated heterocycles. The molecule has 1 aliphatic heterocycles. The average Bonchev–Trinajstić information content (AvgIpc) is 2.44. The van der Waals surface area contributed by atoms with E-state index in [0.717, 1.165) is 25.7 Å². The molecule has 1 aliphatic rings. The molecule has 1 aromatic rings. The van der Waals surface area contributed by atoms with E-state index in [1.54, 1.807) is 0 Å². The van der Waals surface area contributed by atoms with Gasteiger partial charge < -0.3 is 10.5 Å². The Hall–Kier alpha value is -0.860. The maximum atomic E-state index is 6.40. The minimum atomic E-state index is -0.134. The molecule has 0 bridgehead atoms. The van der Waals surface area contributed by atoms with E-state index in [0.29, 0.717) is 6.61 Å². The number of rotatable bonds is 3. The molecule has 2 nitrogen and oxygen atoms in total. The van der Waals surface area contributed by atoms with E-state index in [9.17, 15) is 0 Å². The molecule has 0 amide bonds. The number of hydrogen-bond acceptors (Lipinski definition) is 2. The molecule has 0 radical (unpaired) electrons. The largest absolute Gasteiger partial charge is 0.374 e. The van der Waals surface area contributed by atoms with Crippen LogP contribution < -0.4 is 5.73 Å². The highest BCUT2D eigenvalue weighted by atomic mass is 16.5. The number of aryl methyl sites for hydroxylation is 1. The van der Waals surface area contributed by atoms with E-state index in [1.807, 2.05) is 19.9 Å². The van der Waals surface area contributed by atoms with E-state index in [4.69, 9.17) is 10.5 Å². The molecule has 1 fully saturated rings. The number of nitrogens with two attached hydrogens (primary N) is 1. The van der Waals surface area contributed by atoms with Crippen LogP contribution in [0, 0.1) is 0 Å². The molecule has 0 aromatic heterocycles. The Morgan fingerprint density at radius 1 is 1.11 bits per heavy atom. The Balaban J connectivity index is 0.000000861. The van der Waals surface area contributed by atoms with Crippen molar-refractivity contribution in [2.75, 3.05) is 6.61 Å². The predicted octanol–water partition coefficient (Wildman–Crippen LogP) is 3.93. The van der Waals surface area contributed by atoms with Crippen LogP contribution in [-0.2, 0) is 11.2 Å². The fraction of sp³-hybridized carbons (Fsp3) is 0.647. The molecule has 2 N–H and O–H groups in total. The molecular weight excluding hydrogens is 234 g/mol. The summed E-state index contributed by atoms with van der Waals surface area (Å²) in [5.74, 6) is 0. The normalized spacial score (nSPS) is 25.3. The van der Waals surface area contributed by atoms with Gasteiger partial charge in [0.15, 0.2) is 0 Å². The molecule has 108 valence electrons. The predicted molar refractivity (Wildman–Crippen MR) is 82.3 cm³/mol. The fourth-order valence-electron chi connectivity index (χ4n) is 2.27. The van der Waals surface area contributed by atoms with Crippen molar-refractivity contribution in [3.05, 3.63) is 35.9 Å². The number of benzene rings is 1. The zero-order valence-corrected chi connectivity index (χ0v) is 12.9. The van der Waals surface area contributed by atoms with Crippen molar-refractivity contribution in [2.45, 2.75) is 64.5 Å². The van der Waals surface area contributed by atoms with Crippen LogP contribution in [0.15, 0.2) is 30.3 Å². The molecule has 2 rings (SSSR count). The first-order valence-electron chi connectivity index (χ1n) is 7.46. The van der Waals surface area contributed by atoms with E-state index in [1.165, 1.54) is 5.56 Å². The molecular formula is C17H29NO. The summed E-state index contributed by atoms with van der Waals surface area (Å²) in [6, 6.07) is 10.5. The summed E-state index contributed by atoms with van der Waals surface area (Å²) >= 11 is 0. The van der Waals surface area contributed by atoms with Crippen molar-refractivity contribution >= 4 is 0 Å². The van der Waals surface area contributed by atoms with Crippen LogP contribution >= 0.6 is 0 Å². The zero-order valence-electron chi connectivity index (χ0n) is 12.9. The van der Waals surface area contributed by atoms with Gasteiger partial charge in [0, 0.05) is 5.54 Å². The quantitative estimate of drug-likeness (QED) is 0.896. The monoisotopic (exact) mass is 263 g/mol. The Labute approximate surface area is 118 Å². The minimum absolute atomic E-state index is 0.00954. The van der Waals surface area contributed by atoms with Crippen LogP contribution in [0.4, 0.5) is 0 Å². The molecule has 0 saturated carbocycles. The van der Waals surface area contributed by atoms with Crippen molar-refractivity contribution < 1.29 is 4.74 Å². The number of ether oxygens (including phenoxy) is 1. The van der Waals surface area contributed by atoms with Gasteiger partial charge in [0.2, 0.25) is 0 Å². The third-order valence-corrected chi connectivity index (χ3v) is 3.73. The zero-order chi connectivity index (χ0) is 14.4. The molecule has 19 heavy (non-hydrogen) atoms. The molecule has 0 spiro atoms. The highest BCUT2D eigenvalue weighted by Gasteiger charge is 2.35. The molecule has 2 heteroatoms. The lowest BCUT2D eigenvalue weighted by Gasteiger charge is -2.41. The SMILES string of the molecule is CC.CC1(C)CCC(N)(CCc2ccccc2)CO1. The number of hydrogen-bond donors (Lipinski definition) is 1. The lowest BCUT2D eigenvalue weighted by Crippen LogP contribution is -2.52. The minimum Gasteiger partial charge on any atom is -0.374 e. The lowest BCUT2D eigenvalue weighted by atomic mass is 9.82. The smallest absolute Gasteiger partial charge is 0.0653 e. The van der Waals surface area contributed by atoms with Gasteiger partial charge in [-0.15, -0.1) is 0 Å². The summed E-state index contributed by atoms with van der Waals surface area (Å²) < 4.78 is 5.84. The van der Waals surface area contributed by atoms with E-state index < -0.39 is 0 Å². The standard InChI is InChI=1S/C15H23NO.C2H6/c1-14(2)10-11-15(16,12-17-14)9-8-13-6-4-3-5-7-13;1-2/h3-7H,8-12,16H2,1-2H3;1-2H3. The second-order valence-corrected chi connectivity index (χ2v) is 5.90. The maximum absolute atomic E-state index is 6.40. The van der Waals surface area contributed by atoms with E-state index in [-0.39, 0.29) is 11.1 Å². The topological polar surface area (TPSA) is 35.2 Å². The van der Waals surface area contributed by atoms with Gasteiger partial charge in [0.05, 0.1) is 12.2 Å². The first-order valence-corrected chi connectivity index (χ1v) is 7.46. The van der Waals surface area contributed by atoms with Crippen LogP contribution in [-0.4, -0.2) is 17.7 Å². The molecule has 1 heterocycles. The van der Waals surface area contributed by atoms with Gasteiger partial charge in [-0.05, 0) is 45.1 Å². The van der Waals surface area contributed by atoms with Crippen LogP contribution in [0.3, 0.4) is 0 Å². The summed E-state index contributed by atoms with van der Waals surface area (Å²) in [6.45, 7) is 8.97. The lowest BCUT2D eigenvalue weighted by molar-refractivity contribution is -0.0867. The summed E-state index contributed by atoms with van der Waals surface area (Å²) in [4.78, 5) is 0. The van der Waals surface area contributed by atoms with Gasteiger partial charge in [-0.3, -0.25) is 0 Å². The van der Waals surface area contributed by atoms with Crippen molar-refractivity contribution in [1.82, 2.24) is 0 Å². The third-order valence-electron chi connectivity index (χ3n) is 3.73. The Morgan fingerprint density at radius 3 is 2.26 bits per heavy atom. The Kier molecular flexibility index (Phi) is 6.02. The van der Waals surface area contributed by atoms with Crippen LogP contribution in [0.1, 0.15) is 52.5 Å². The average molecular weight is 263 g/mol. The summed E-state index contributed by atoms with van der Waals surface area (Å²) in [7, 11) is 0. The van der Waals surface area contributed by atoms with Crippen molar-refractivity contribution in [3.63, 3.8) is 0 Å². The first kappa shape index (κ1) is 16.2. The highest BCUT2D eigenvalue weighted by molar-refractivity contribution is 5.15. The van der Waals surface area contributed by atoms with E-state index in [2.05, 4.69) is 38.1 Å². The summed E-state index contributed by atoms with van der Waals surface area (Å²) in [5, 5.41) is 0. The fourth-order valence-corrected chi connectivity index (χ4v) is 2.27. The van der Waals surface area contributed by atoms with Gasteiger partial charge in [-0.25, -0.2) is 0 Å². The van der Waals surface area contributed by atoms with Gasteiger partial charge in [-0.2, -0.15) is 0 Å². The van der Waals surface area contributed by atoms with Gasteiger partial charge in [0.25, 0.3) is 0 Å². The van der Waals surface area contributed by atoms with Crippen LogP contribution in [0.25, 0.3) is 0 Å². The Morgan fingerprint density at radius 2 is 1.74 bits per heavy atom. The molecule has 1 unspecified atom stereocenters. The van der Waals surface area contributed by atoms with Gasteiger partial charge in [-0.1, -0.05) is 44.2 Å². The molecule has 0 aliphatic carbocycles. The molecule has 1 atom stereocenters. The van der Waals surface area contributed by atoms with Crippen molar-refractivity contribution in [3.8, 4) is 0 Å². The Bertz CT molecular complexity index is 349. The third kappa shape index (κ3) is 5.33. The summed E-state index contributed by atoms with van der Waals surface area (Å²) in [5.41, 5.74) is 7.64. The van der Waals surface area contributed by atoms with Gasteiger partial charge in [0.1, 0.15) is 0 Å². The second kappa shape index (κ2) is 7.06. The molecule has 1 aromatic carbocycles. The van der Waals surface area contributed by atoms with Crippen LogP contribution in [0.2, 0.25) is 0 Å². The van der Waals surface area contributed by atoms with Crippen molar-refractivity contribution in [1.29, 1.82) is 0 Å². The summed E-state index contributed by atoms with van der Waals surface area (Å²) in [6.07, 6.45) is 4.17. The van der Waals surface area contributed by atoms with Crippen molar-refractivity contribution in [2.24, 2.45) is 5.73 Å². The first-order chi connectivity index (χ1) is 8.99.